The van der Waals surface area contributed by atoms with E-state index in [9.17, 15) is 0 Å². The molecule has 14 heavy (non-hydrogen) atoms. The second-order valence-electron chi connectivity index (χ2n) is 2.68. The van der Waals surface area contributed by atoms with E-state index in [0.29, 0.717) is 11.0 Å². The molecule has 0 saturated heterocycles. The second kappa shape index (κ2) is 3.98. The molecule has 72 valence electrons. The van der Waals surface area contributed by atoms with Crippen LogP contribution in [-0.2, 0) is 0 Å². The highest BCUT2D eigenvalue weighted by atomic mass is 35.5. The smallest absolute Gasteiger partial charge is 0.163 e. The van der Waals surface area contributed by atoms with Crippen LogP contribution in [-0.4, -0.2) is 20.5 Å². The second-order valence-corrected chi connectivity index (χ2v) is 3.37. The highest BCUT2D eigenvalue weighted by Crippen LogP contribution is 2.12. The summed E-state index contributed by atoms with van der Waals surface area (Å²) in [6, 6.07) is 1.69. The van der Waals surface area contributed by atoms with Crippen LogP contribution in [0.4, 0.5) is 0 Å². The van der Waals surface area contributed by atoms with E-state index in [0.717, 1.165) is 11.2 Å². The fraction of sp³-hybridized carbons (Fsp3) is 0.111. The molecule has 0 bridgehead atoms. The normalized spacial score (nSPS) is 11.6. The number of hydrogen-bond donors (Lipinski definition) is 0. The van der Waals surface area contributed by atoms with E-state index < -0.39 is 0 Å². The summed E-state index contributed by atoms with van der Waals surface area (Å²) in [4.78, 5) is 4.16. The zero-order valence-corrected chi connectivity index (χ0v) is 8.70. The Labute approximate surface area is 91.0 Å². The van der Waals surface area contributed by atoms with E-state index in [1.54, 1.807) is 23.0 Å². The molecule has 2 aromatic rings. The van der Waals surface area contributed by atoms with Crippen molar-refractivity contribution in [2.75, 3.05) is 5.88 Å². The maximum absolute atomic E-state index is 5.78. The van der Waals surface area contributed by atoms with Gasteiger partial charge in [-0.05, 0) is 6.07 Å². The van der Waals surface area contributed by atoms with Crippen LogP contribution in [0.1, 0.15) is 5.56 Å². The minimum absolute atomic E-state index is 0.457. The zero-order valence-electron chi connectivity index (χ0n) is 7.19. The average Bonchev–Trinajstić information content (AvgIpc) is 2.57. The molecule has 0 aliphatic carbocycles. The molecule has 2 heterocycles. The van der Waals surface area contributed by atoms with Crippen LogP contribution >= 0.6 is 23.2 Å². The number of nitrogens with zero attached hydrogens (tertiary/aromatic N) is 3. The molecule has 5 heteroatoms. The largest absolute Gasteiger partial charge is 0.222 e. The van der Waals surface area contributed by atoms with Crippen LogP contribution in [0, 0.1) is 0 Å². The molecule has 2 aromatic heterocycles. The van der Waals surface area contributed by atoms with Gasteiger partial charge in [-0.1, -0.05) is 23.8 Å². The van der Waals surface area contributed by atoms with Crippen LogP contribution in [0.25, 0.3) is 11.7 Å². The third kappa shape index (κ3) is 1.74. The maximum atomic E-state index is 5.78. The van der Waals surface area contributed by atoms with Gasteiger partial charge in [-0.25, -0.2) is 9.50 Å². The summed E-state index contributed by atoms with van der Waals surface area (Å²) < 4.78 is 1.67. The molecule has 0 aliphatic rings. The lowest BCUT2D eigenvalue weighted by Crippen LogP contribution is -1.88. The van der Waals surface area contributed by atoms with Crippen molar-refractivity contribution >= 4 is 34.9 Å². The lowest BCUT2D eigenvalue weighted by Gasteiger charge is -1.93. The van der Waals surface area contributed by atoms with Crippen LogP contribution < -0.4 is 0 Å². The van der Waals surface area contributed by atoms with Crippen molar-refractivity contribution in [1.29, 1.82) is 0 Å². The Bertz CT molecular complexity index is 476. The summed E-state index contributed by atoms with van der Waals surface area (Å²) in [5.41, 5.74) is 1.65. The van der Waals surface area contributed by atoms with Crippen molar-refractivity contribution in [2.45, 2.75) is 0 Å². The van der Waals surface area contributed by atoms with Gasteiger partial charge in [0, 0.05) is 17.6 Å². The molecule has 0 N–H and O–H groups in total. The fourth-order valence-electron chi connectivity index (χ4n) is 1.15. The molecular weight excluding hydrogens is 221 g/mol. The number of allylic oxidation sites excluding steroid dienone is 1. The maximum Gasteiger partial charge on any atom is 0.163 e. The topological polar surface area (TPSA) is 30.2 Å². The summed E-state index contributed by atoms with van der Waals surface area (Å²) >= 11 is 11.3. The SMILES string of the molecule is ClCC=Cc1cnn2ccc(Cl)nc12. The Kier molecular flexibility index (Phi) is 2.70. The highest BCUT2D eigenvalue weighted by molar-refractivity contribution is 6.29. The lowest BCUT2D eigenvalue weighted by atomic mass is 10.3. The van der Waals surface area contributed by atoms with E-state index in [2.05, 4.69) is 10.1 Å². The number of halogens is 2. The highest BCUT2D eigenvalue weighted by Gasteiger charge is 2.02. The number of hydrogen-bond acceptors (Lipinski definition) is 2. The standard InChI is InChI=1S/C9H7Cl2N3/c10-4-1-2-7-6-12-14-5-3-8(11)13-9(7)14/h1-3,5-6H,4H2. The Morgan fingerprint density at radius 1 is 1.50 bits per heavy atom. The monoisotopic (exact) mass is 227 g/mol. The van der Waals surface area contributed by atoms with Crippen LogP contribution in [0.3, 0.4) is 0 Å². The van der Waals surface area contributed by atoms with Crippen LogP contribution in [0.2, 0.25) is 5.15 Å². The van der Waals surface area contributed by atoms with Crippen LogP contribution in [0.5, 0.6) is 0 Å². The predicted octanol–water partition coefficient (Wildman–Crippen LogP) is 2.63. The third-order valence-corrected chi connectivity index (χ3v) is 2.14. The van der Waals surface area contributed by atoms with Crippen molar-refractivity contribution < 1.29 is 0 Å². The van der Waals surface area contributed by atoms with Crippen molar-refractivity contribution in [2.24, 2.45) is 0 Å². The first-order valence-corrected chi connectivity index (χ1v) is 4.95. The van der Waals surface area contributed by atoms with Crippen molar-refractivity contribution in [3.05, 3.63) is 35.3 Å². The van der Waals surface area contributed by atoms with E-state index in [-0.39, 0.29) is 0 Å². The van der Waals surface area contributed by atoms with Crippen molar-refractivity contribution in [3.8, 4) is 0 Å². The summed E-state index contributed by atoms with van der Waals surface area (Å²) in [6.07, 6.45) is 7.20. The Balaban J connectivity index is 2.55. The predicted molar refractivity (Wildman–Crippen MR) is 57.8 cm³/mol. The molecule has 0 saturated carbocycles. The lowest BCUT2D eigenvalue weighted by molar-refractivity contribution is 0.939. The van der Waals surface area contributed by atoms with Gasteiger partial charge < -0.3 is 0 Å². The summed E-state index contributed by atoms with van der Waals surface area (Å²) in [6.45, 7) is 0. The van der Waals surface area contributed by atoms with Crippen molar-refractivity contribution in [1.82, 2.24) is 14.6 Å². The van der Waals surface area contributed by atoms with Gasteiger partial charge in [-0.3, -0.25) is 0 Å². The fourth-order valence-corrected chi connectivity index (χ4v) is 1.38. The number of aromatic nitrogens is 3. The number of rotatable bonds is 2. The Morgan fingerprint density at radius 3 is 3.14 bits per heavy atom. The molecule has 3 nitrogen and oxygen atoms in total. The van der Waals surface area contributed by atoms with Gasteiger partial charge in [0.05, 0.1) is 6.20 Å². The molecule has 0 atom stereocenters. The van der Waals surface area contributed by atoms with E-state index in [1.165, 1.54) is 0 Å². The van der Waals surface area contributed by atoms with Gasteiger partial charge in [0.25, 0.3) is 0 Å². The van der Waals surface area contributed by atoms with Gasteiger partial charge >= 0.3 is 0 Å². The van der Waals surface area contributed by atoms with E-state index in [1.807, 2.05) is 12.2 Å². The molecular formula is C9H7Cl2N3. The van der Waals surface area contributed by atoms with Gasteiger partial charge in [0.15, 0.2) is 5.65 Å². The molecule has 0 unspecified atom stereocenters. The minimum Gasteiger partial charge on any atom is -0.222 e. The zero-order chi connectivity index (χ0) is 9.97. The first-order chi connectivity index (χ1) is 6.81. The molecule has 0 amide bonds. The Morgan fingerprint density at radius 2 is 2.36 bits per heavy atom. The van der Waals surface area contributed by atoms with Gasteiger partial charge in [-0.2, -0.15) is 5.10 Å². The Hall–Kier alpha value is -1.06. The minimum atomic E-state index is 0.457. The van der Waals surface area contributed by atoms with Crippen molar-refractivity contribution in [3.63, 3.8) is 0 Å². The quantitative estimate of drug-likeness (QED) is 0.584. The molecule has 2 rings (SSSR count). The van der Waals surface area contributed by atoms with E-state index >= 15 is 0 Å². The molecule has 0 radical (unpaired) electrons. The molecule has 0 spiro atoms. The summed E-state index contributed by atoms with van der Waals surface area (Å²) in [5, 5.41) is 4.57. The molecule has 0 aliphatic heterocycles. The van der Waals surface area contributed by atoms with Crippen LogP contribution in [0.15, 0.2) is 24.5 Å². The average molecular weight is 228 g/mol. The van der Waals surface area contributed by atoms with Gasteiger partial charge in [0.1, 0.15) is 5.15 Å². The van der Waals surface area contributed by atoms with Gasteiger partial charge in [0.2, 0.25) is 0 Å². The number of fused-ring (bicyclic) bond motifs is 1. The number of alkyl halides is 1. The molecule has 0 aromatic carbocycles. The third-order valence-electron chi connectivity index (χ3n) is 1.75. The first-order valence-electron chi connectivity index (χ1n) is 4.03. The molecule has 0 fully saturated rings. The summed E-state index contributed by atoms with van der Waals surface area (Å²) in [5.74, 6) is 0.470. The van der Waals surface area contributed by atoms with Gasteiger partial charge in [-0.15, -0.1) is 11.6 Å². The first kappa shape index (κ1) is 9.49. The summed E-state index contributed by atoms with van der Waals surface area (Å²) in [7, 11) is 0. The van der Waals surface area contributed by atoms with E-state index in [4.69, 9.17) is 23.2 Å².